The second-order valence-corrected chi connectivity index (χ2v) is 6.01. The van der Waals surface area contributed by atoms with Gasteiger partial charge in [0.1, 0.15) is 0 Å². The van der Waals surface area contributed by atoms with Crippen molar-refractivity contribution in [1.29, 1.82) is 0 Å². The number of rotatable bonds is 2. The van der Waals surface area contributed by atoms with Crippen molar-refractivity contribution in [3.8, 4) is 0 Å². The van der Waals surface area contributed by atoms with Crippen LogP contribution in [0.1, 0.15) is 33.4 Å². The molecule has 0 nitrogen and oxygen atoms in total. The first kappa shape index (κ1) is 23.6. The first-order valence-corrected chi connectivity index (χ1v) is 7.64. The van der Waals surface area contributed by atoms with Crippen molar-refractivity contribution in [2.24, 2.45) is 0 Å². The molecule has 0 unspecified atom stereocenters. The van der Waals surface area contributed by atoms with Gasteiger partial charge in [0.2, 0.25) is 0 Å². The SMILES string of the molecule is FC(F)(F)c1cc(/C=C/c2cc(C(F)(F)F)cc(C(F)(F)F)c2)cc(C(F)(F)F)c1. The normalized spacial score (nSPS) is 13.9. The Balaban J connectivity index is 2.58. The van der Waals surface area contributed by atoms with E-state index in [4.69, 9.17) is 0 Å². The van der Waals surface area contributed by atoms with Gasteiger partial charge in [0, 0.05) is 0 Å². The number of halogens is 12. The molecular formula is C18H8F12. The van der Waals surface area contributed by atoms with E-state index in [2.05, 4.69) is 0 Å². The average Bonchev–Trinajstić information content (AvgIpc) is 2.56. The van der Waals surface area contributed by atoms with Crippen LogP contribution in [0, 0.1) is 0 Å². The molecule has 2 aromatic rings. The third-order valence-electron chi connectivity index (χ3n) is 3.69. The van der Waals surface area contributed by atoms with Gasteiger partial charge in [-0.2, -0.15) is 52.7 Å². The Morgan fingerprint density at radius 2 is 0.567 bits per heavy atom. The van der Waals surface area contributed by atoms with Crippen LogP contribution in [0.25, 0.3) is 12.2 Å². The zero-order valence-electron chi connectivity index (χ0n) is 14.2. The van der Waals surface area contributed by atoms with E-state index in [-0.39, 0.29) is 36.4 Å². The second-order valence-electron chi connectivity index (χ2n) is 6.01. The monoisotopic (exact) mass is 452 g/mol. The number of benzene rings is 2. The van der Waals surface area contributed by atoms with Crippen molar-refractivity contribution >= 4 is 12.2 Å². The smallest absolute Gasteiger partial charge is 0.166 e. The number of hydrogen-bond acceptors (Lipinski definition) is 0. The summed E-state index contributed by atoms with van der Waals surface area (Å²) in [5.74, 6) is 0. The molecule has 164 valence electrons. The molecule has 0 aliphatic rings. The molecule has 0 atom stereocenters. The molecule has 0 aliphatic heterocycles. The molecule has 0 amide bonds. The Hall–Kier alpha value is -2.66. The fourth-order valence-electron chi connectivity index (χ4n) is 2.34. The maximum absolute atomic E-state index is 12.8. The maximum Gasteiger partial charge on any atom is 0.416 e. The fourth-order valence-corrected chi connectivity index (χ4v) is 2.34. The summed E-state index contributed by atoms with van der Waals surface area (Å²) in [5, 5.41) is 0. The third kappa shape index (κ3) is 5.92. The molecule has 0 spiro atoms. The highest BCUT2D eigenvalue weighted by Crippen LogP contribution is 2.38. The maximum atomic E-state index is 12.8. The molecule has 12 heteroatoms. The molecule has 0 heterocycles. The van der Waals surface area contributed by atoms with Crippen LogP contribution in [0.15, 0.2) is 36.4 Å². The summed E-state index contributed by atoms with van der Waals surface area (Å²) in [5.41, 5.74) is -8.17. The van der Waals surface area contributed by atoms with Gasteiger partial charge in [-0.05, 0) is 47.5 Å². The van der Waals surface area contributed by atoms with Gasteiger partial charge in [0.25, 0.3) is 0 Å². The minimum atomic E-state index is -5.16. The van der Waals surface area contributed by atoms with E-state index in [1.54, 1.807) is 0 Å². The summed E-state index contributed by atoms with van der Waals surface area (Å²) in [7, 11) is 0. The Morgan fingerprint density at radius 3 is 0.733 bits per heavy atom. The van der Waals surface area contributed by atoms with Gasteiger partial charge in [-0.3, -0.25) is 0 Å². The number of alkyl halides is 12. The Bertz CT molecular complexity index is 798. The zero-order valence-corrected chi connectivity index (χ0v) is 14.2. The van der Waals surface area contributed by atoms with E-state index in [1.807, 2.05) is 0 Å². The van der Waals surface area contributed by atoms with Crippen molar-refractivity contribution in [1.82, 2.24) is 0 Å². The van der Waals surface area contributed by atoms with Crippen LogP contribution in [0.3, 0.4) is 0 Å². The molecule has 0 saturated carbocycles. The molecule has 0 N–H and O–H groups in total. The molecular weight excluding hydrogens is 444 g/mol. The molecule has 0 bridgehead atoms. The highest BCUT2D eigenvalue weighted by molar-refractivity contribution is 5.71. The predicted octanol–water partition coefficient (Wildman–Crippen LogP) is 7.93. The molecule has 0 aliphatic carbocycles. The lowest BCUT2D eigenvalue weighted by molar-refractivity contribution is -0.144. The first-order chi connectivity index (χ1) is 13.4. The summed E-state index contributed by atoms with van der Waals surface area (Å²) < 4.78 is 154. The fraction of sp³-hybridized carbons (Fsp3) is 0.222. The van der Waals surface area contributed by atoms with Gasteiger partial charge in [-0.25, -0.2) is 0 Å². The lowest BCUT2D eigenvalue weighted by Gasteiger charge is -2.14. The third-order valence-corrected chi connectivity index (χ3v) is 3.69. The van der Waals surface area contributed by atoms with E-state index in [0.717, 1.165) is 0 Å². The van der Waals surface area contributed by atoms with Crippen LogP contribution in [0.4, 0.5) is 52.7 Å². The lowest BCUT2D eigenvalue weighted by Crippen LogP contribution is -2.11. The van der Waals surface area contributed by atoms with Crippen LogP contribution in [0.2, 0.25) is 0 Å². The molecule has 2 rings (SSSR count). The molecule has 0 saturated heterocycles. The van der Waals surface area contributed by atoms with Crippen molar-refractivity contribution in [2.75, 3.05) is 0 Å². The second kappa shape index (κ2) is 7.55. The van der Waals surface area contributed by atoms with Crippen LogP contribution in [-0.4, -0.2) is 0 Å². The average molecular weight is 452 g/mol. The van der Waals surface area contributed by atoms with E-state index < -0.39 is 58.1 Å². The van der Waals surface area contributed by atoms with Crippen LogP contribution >= 0.6 is 0 Å². The van der Waals surface area contributed by atoms with E-state index >= 15 is 0 Å². The van der Waals surface area contributed by atoms with Crippen molar-refractivity contribution in [3.63, 3.8) is 0 Å². The molecule has 0 fully saturated rings. The first-order valence-electron chi connectivity index (χ1n) is 7.64. The van der Waals surface area contributed by atoms with Crippen LogP contribution in [0.5, 0.6) is 0 Å². The highest BCUT2D eigenvalue weighted by Gasteiger charge is 2.38. The van der Waals surface area contributed by atoms with E-state index in [9.17, 15) is 52.7 Å². The summed E-state index contributed by atoms with van der Waals surface area (Å²) in [4.78, 5) is 0. The van der Waals surface area contributed by atoms with Gasteiger partial charge in [0.15, 0.2) is 0 Å². The van der Waals surface area contributed by atoms with Crippen LogP contribution in [-0.2, 0) is 24.7 Å². The minimum absolute atomic E-state index is 0.163. The van der Waals surface area contributed by atoms with Crippen LogP contribution < -0.4 is 0 Å². The Kier molecular flexibility index (Phi) is 5.94. The summed E-state index contributed by atoms with van der Waals surface area (Å²) in [6.07, 6.45) is -19.5. The van der Waals surface area contributed by atoms with E-state index in [0.29, 0.717) is 12.2 Å². The number of hydrogen-bond donors (Lipinski definition) is 0. The molecule has 0 aromatic heterocycles. The molecule has 0 radical (unpaired) electrons. The highest BCUT2D eigenvalue weighted by atomic mass is 19.4. The van der Waals surface area contributed by atoms with Crippen molar-refractivity contribution in [3.05, 3.63) is 69.8 Å². The Morgan fingerprint density at radius 1 is 0.367 bits per heavy atom. The largest absolute Gasteiger partial charge is 0.416 e. The van der Waals surface area contributed by atoms with Crippen molar-refractivity contribution < 1.29 is 52.7 Å². The topological polar surface area (TPSA) is 0 Å². The molecule has 2 aromatic carbocycles. The quantitative estimate of drug-likeness (QED) is 0.321. The van der Waals surface area contributed by atoms with Gasteiger partial charge in [-0.15, -0.1) is 0 Å². The Labute approximate surface area is 160 Å². The van der Waals surface area contributed by atoms with Gasteiger partial charge in [-0.1, -0.05) is 12.2 Å². The summed E-state index contributed by atoms with van der Waals surface area (Å²) in [6, 6.07) is 0.800. The predicted molar refractivity (Wildman–Crippen MR) is 81.8 cm³/mol. The van der Waals surface area contributed by atoms with Crippen molar-refractivity contribution in [2.45, 2.75) is 24.7 Å². The molecule has 30 heavy (non-hydrogen) atoms. The van der Waals surface area contributed by atoms with Gasteiger partial charge < -0.3 is 0 Å². The standard InChI is InChI=1S/C18H8F12/c19-15(20,21)11-3-9(4-12(7-11)16(22,23)24)1-2-10-5-13(17(25,26)27)8-14(6-10)18(28,29)30/h1-8H/b2-1+. The van der Waals surface area contributed by atoms with E-state index in [1.165, 1.54) is 0 Å². The lowest BCUT2D eigenvalue weighted by atomic mass is 10.0. The van der Waals surface area contributed by atoms with Gasteiger partial charge >= 0.3 is 24.7 Å². The minimum Gasteiger partial charge on any atom is -0.166 e. The summed E-state index contributed by atoms with van der Waals surface area (Å²) in [6.45, 7) is 0. The van der Waals surface area contributed by atoms with Gasteiger partial charge in [0.05, 0.1) is 22.3 Å². The zero-order chi connectivity index (χ0) is 23.1. The summed E-state index contributed by atoms with van der Waals surface area (Å²) >= 11 is 0.